The van der Waals surface area contributed by atoms with E-state index < -0.39 is 11.7 Å². The molecule has 0 aliphatic rings. The maximum atomic E-state index is 11.8. The van der Waals surface area contributed by atoms with E-state index in [1.165, 1.54) is 15.9 Å². The number of rotatable bonds is 6. The number of oxazole rings is 1. The molecule has 3 aromatic rings. The van der Waals surface area contributed by atoms with Crippen LogP contribution in [0.15, 0.2) is 51.0 Å². The van der Waals surface area contributed by atoms with Gasteiger partial charge < -0.3 is 9.15 Å². The summed E-state index contributed by atoms with van der Waals surface area (Å²) in [7, 11) is 0. The fourth-order valence-corrected chi connectivity index (χ4v) is 2.81. The van der Waals surface area contributed by atoms with Gasteiger partial charge in [0.1, 0.15) is 0 Å². The molecule has 0 saturated heterocycles. The van der Waals surface area contributed by atoms with Gasteiger partial charge in [0, 0.05) is 6.54 Å². The van der Waals surface area contributed by atoms with Crippen molar-refractivity contribution in [2.45, 2.75) is 13.0 Å². The molecule has 6 nitrogen and oxygen atoms in total. The molecule has 23 heavy (non-hydrogen) atoms. The number of benzene rings is 1. The molecular formula is C16H13NO5S. The summed E-state index contributed by atoms with van der Waals surface area (Å²) in [6.07, 6.45) is -0.0127. The fourth-order valence-electron chi connectivity index (χ4n) is 2.16. The van der Waals surface area contributed by atoms with Crippen molar-refractivity contribution >= 4 is 34.2 Å². The van der Waals surface area contributed by atoms with Crippen LogP contribution < -0.4 is 5.76 Å². The van der Waals surface area contributed by atoms with Gasteiger partial charge in [0.2, 0.25) is 5.78 Å². The van der Waals surface area contributed by atoms with Crippen LogP contribution >= 0.6 is 11.3 Å². The molecule has 0 radical (unpaired) electrons. The number of nitrogens with zero attached hydrogens (tertiary/aromatic N) is 1. The van der Waals surface area contributed by atoms with Crippen molar-refractivity contribution in [3.05, 3.63) is 57.2 Å². The van der Waals surface area contributed by atoms with Crippen LogP contribution in [0, 0.1) is 0 Å². The van der Waals surface area contributed by atoms with Crippen LogP contribution in [0.25, 0.3) is 11.1 Å². The van der Waals surface area contributed by atoms with Crippen LogP contribution in [0.1, 0.15) is 16.1 Å². The Balaban J connectivity index is 1.57. The minimum Gasteiger partial charge on any atom is -0.457 e. The Bertz CT molecular complexity index is 891. The van der Waals surface area contributed by atoms with Crippen molar-refractivity contribution in [1.29, 1.82) is 0 Å². The second-order valence-corrected chi connectivity index (χ2v) is 5.75. The molecule has 0 fully saturated rings. The average Bonchev–Trinajstić information content (AvgIpc) is 3.18. The Morgan fingerprint density at radius 1 is 1.17 bits per heavy atom. The van der Waals surface area contributed by atoms with Crippen LogP contribution in [0.4, 0.5) is 0 Å². The van der Waals surface area contributed by atoms with Crippen LogP contribution in [0.3, 0.4) is 0 Å². The van der Waals surface area contributed by atoms with E-state index in [0.29, 0.717) is 16.0 Å². The molecule has 3 rings (SSSR count). The lowest BCUT2D eigenvalue weighted by molar-refractivity contribution is -0.142. The molecule has 7 heteroatoms. The summed E-state index contributed by atoms with van der Waals surface area (Å²) in [5.41, 5.74) is 1.10. The van der Waals surface area contributed by atoms with Crippen molar-refractivity contribution in [3.63, 3.8) is 0 Å². The molecule has 0 N–H and O–H groups in total. The van der Waals surface area contributed by atoms with Crippen LogP contribution in [0.2, 0.25) is 0 Å². The Labute approximate surface area is 134 Å². The average molecular weight is 331 g/mol. The quantitative estimate of drug-likeness (QED) is 0.512. The standard InChI is InChI=1S/C16H13NO5S/c18-12(14-6-3-9-23-14)10-21-15(19)7-8-17-11-4-1-2-5-13(11)22-16(17)20/h1-6,9H,7-8,10H2. The molecular weight excluding hydrogens is 318 g/mol. The number of ether oxygens (including phenoxy) is 1. The molecule has 0 atom stereocenters. The van der Waals surface area contributed by atoms with Crippen LogP contribution in [0.5, 0.6) is 0 Å². The van der Waals surface area contributed by atoms with Gasteiger partial charge in [-0.15, -0.1) is 11.3 Å². The number of carbonyl (C=O) groups is 2. The van der Waals surface area contributed by atoms with Gasteiger partial charge >= 0.3 is 11.7 Å². The Hall–Kier alpha value is -2.67. The monoisotopic (exact) mass is 331 g/mol. The summed E-state index contributed by atoms with van der Waals surface area (Å²) >= 11 is 1.30. The smallest absolute Gasteiger partial charge is 0.419 e. The van der Waals surface area contributed by atoms with Crippen molar-refractivity contribution in [3.8, 4) is 0 Å². The summed E-state index contributed by atoms with van der Waals surface area (Å²) in [5.74, 6) is -1.29. The number of para-hydroxylation sites is 2. The second kappa shape index (κ2) is 6.62. The first-order valence-electron chi connectivity index (χ1n) is 6.96. The maximum Gasteiger partial charge on any atom is 0.419 e. The van der Waals surface area contributed by atoms with Gasteiger partial charge in [0.05, 0.1) is 16.8 Å². The van der Waals surface area contributed by atoms with E-state index in [0.717, 1.165) is 0 Å². The van der Waals surface area contributed by atoms with E-state index in [1.54, 1.807) is 41.8 Å². The molecule has 2 aromatic heterocycles. The van der Waals surface area contributed by atoms with Crippen molar-refractivity contribution in [1.82, 2.24) is 4.57 Å². The molecule has 118 valence electrons. The van der Waals surface area contributed by atoms with Crippen LogP contribution in [-0.4, -0.2) is 22.9 Å². The summed E-state index contributed by atoms with van der Waals surface area (Å²) < 4.78 is 11.4. The van der Waals surface area contributed by atoms with E-state index in [9.17, 15) is 14.4 Å². The number of fused-ring (bicyclic) bond motifs is 1. The molecule has 0 saturated carbocycles. The summed E-state index contributed by atoms with van der Waals surface area (Å²) in [5, 5.41) is 1.78. The summed E-state index contributed by atoms with van der Waals surface area (Å²) in [6.45, 7) is -0.151. The van der Waals surface area contributed by atoms with Crippen LogP contribution in [-0.2, 0) is 16.1 Å². The molecule has 1 aromatic carbocycles. The van der Waals surface area contributed by atoms with E-state index in [2.05, 4.69) is 0 Å². The highest BCUT2D eigenvalue weighted by molar-refractivity contribution is 7.12. The van der Waals surface area contributed by atoms with Gasteiger partial charge in [-0.2, -0.15) is 0 Å². The lowest BCUT2D eigenvalue weighted by Crippen LogP contribution is -2.19. The zero-order valence-electron chi connectivity index (χ0n) is 12.1. The predicted molar refractivity (Wildman–Crippen MR) is 84.7 cm³/mol. The molecule has 0 spiro atoms. The van der Waals surface area contributed by atoms with E-state index in [-0.39, 0.29) is 25.4 Å². The van der Waals surface area contributed by atoms with Crippen molar-refractivity contribution < 1.29 is 18.7 Å². The largest absolute Gasteiger partial charge is 0.457 e. The molecule has 0 aliphatic carbocycles. The first-order chi connectivity index (χ1) is 11.1. The highest BCUT2D eigenvalue weighted by Gasteiger charge is 2.13. The third-order valence-corrected chi connectivity index (χ3v) is 4.18. The lowest BCUT2D eigenvalue weighted by atomic mass is 10.3. The number of thiophene rings is 1. The number of carbonyl (C=O) groups excluding carboxylic acids is 2. The van der Waals surface area contributed by atoms with Gasteiger partial charge in [-0.05, 0) is 23.6 Å². The molecule has 0 aliphatic heterocycles. The highest BCUT2D eigenvalue weighted by Crippen LogP contribution is 2.12. The Morgan fingerprint density at radius 2 is 2.00 bits per heavy atom. The summed E-state index contributed by atoms with van der Waals surface area (Å²) in [6, 6.07) is 10.4. The van der Waals surface area contributed by atoms with Crippen molar-refractivity contribution in [2.75, 3.05) is 6.61 Å². The van der Waals surface area contributed by atoms with Gasteiger partial charge in [-0.1, -0.05) is 18.2 Å². The van der Waals surface area contributed by atoms with Gasteiger partial charge in [-0.3, -0.25) is 14.2 Å². The van der Waals surface area contributed by atoms with Gasteiger partial charge in [0.25, 0.3) is 0 Å². The van der Waals surface area contributed by atoms with E-state index in [4.69, 9.17) is 9.15 Å². The number of esters is 1. The summed E-state index contributed by atoms with van der Waals surface area (Å²) in [4.78, 5) is 35.8. The number of Topliss-reactive ketones (excluding diaryl/α,β-unsaturated/α-hetero) is 1. The number of aromatic nitrogens is 1. The minimum absolute atomic E-state index is 0.0127. The SMILES string of the molecule is O=C(CCn1c(=O)oc2ccccc21)OCC(=O)c1cccs1. The Kier molecular flexibility index (Phi) is 4.38. The maximum absolute atomic E-state index is 11.8. The van der Waals surface area contributed by atoms with E-state index >= 15 is 0 Å². The molecule has 0 bridgehead atoms. The number of aryl methyl sites for hydroxylation is 1. The Morgan fingerprint density at radius 3 is 2.78 bits per heavy atom. The topological polar surface area (TPSA) is 78.5 Å². The molecule has 0 unspecified atom stereocenters. The third kappa shape index (κ3) is 3.40. The zero-order chi connectivity index (χ0) is 16.2. The number of hydrogen-bond donors (Lipinski definition) is 0. The first kappa shape index (κ1) is 15.2. The lowest BCUT2D eigenvalue weighted by Gasteiger charge is -2.04. The highest BCUT2D eigenvalue weighted by atomic mass is 32.1. The third-order valence-electron chi connectivity index (χ3n) is 3.27. The normalized spacial score (nSPS) is 10.8. The molecule has 0 amide bonds. The second-order valence-electron chi connectivity index (χ2n) is 4.80. The van der Waals surface area contributed by atoms with Crippen molar-refractivity contribution in [2.24, 2.45) is 0 Å². The van der Waals surface area contributed by atoms with Gasteiger partial charge in [0.15, 0.2) is 12.2 Å². The molecule has 2 heterocycles. The predicted octanol–water partition coefficient (Wildman–Crippen LogP) is 2.47. The fraction of sp³-hybridized carbons (Fsp3) is 0.188. The van der Waals surface area contributed by atoms with Gasteiger partial charge in [-0.25, -0.2) is 4.79 Å². The number of ketones is 1. The minimum atomic E-state index is -0.535. The zero-order valence-corrected chi connectivity index (χ0v) is 12.9. The first-order valence-corrected chi connectivity index (χ1v) is 7.84. The van der Waals surface area contributed by atoms with E-state index in [1.807, 2.05) is 0 Å². The number of hydrogen-bond acceptors (Lipinski definition) is 6.